The van der Waals surface area contributed by atoms with Gasteiger partial charge in [0.25, 0.3) is 0 Å². The Balaban J connectivity index is 1.75. The van der Waals surface area contributed by atoms with E-state index in [0.717, 1.165) is 25.9 Å². The van der Waals surface area contributed by atoms with Crippen LogP contribution >= 0.6 is 0 Å². The van der Waals surface area contributed by atoms with E-state index in [0.29, 0.717) is 13.2 Å². The van der Waals surface area contributed by atoms with Gasteiger partial charge < -0.3 is 10.5 Å². The molecule has 1 aromatic carbocycles. The number of fused-ring (bicyclic) bond motifs is 2. The highest BCUT2D eigenvalue weighted by molar-refractivity contribution is 5.75. The molecule has 1 amide bonds. The summed E-state index contributed by atoms with van der Waals surface area (Å²) in [5, 5.41) is 0. The lowest BCUT2D eigenvalue weighted by Gasteiger charge is -2.38. The predicted molar refractivity (Wildman–Crippen MR) is 67.8 cm³/mol. The fourth-order valence-electron chi connectivity index (χ4n) is 3.09. The first-order valence-corrected chi connectivity index (χ1v) is 6.43. The van der Waals surface area contributed by atoms with Crippen LogP contribution in [-0.2, 0) is 21.7 Å². The first-order chi connectivity index (χ1) is 8.70. The molecule has 96 valence electrons. The number of likely N-dealkylation sites (tertiary alicyclic amines) is 1. The van der Waals surface area contributed by atoms with Gasteiger partial charge in [0.15, 0.2) is 0 Å². The van der Waals surface area contributed by atoms with Crippen LogP contribution in [0.3, 0.4) is 0 Å². The molecule has 0 atom stereocenters. The Labute approximate surface area is 107 Å². The summed E-state index contributed by atoms with van der Waals surface area (Å²) in [4.78, 5) is 13.0. The number of piperidine rings is 1. The van der Waals surface area contributed by atoms with Crippen molar-refractivity contribution in [2.45, 2.75) is 25.0 Å². The van der Waals surface area contributed by atoms with Crippen LogP contribution in [0.15, 0.2) is 24.3 Å². The lowest BCUT2D eigenvalue weighted by molar-refractivity contribution is -0.121. The summed E-state index contributed by atoms with van der Waals surface area (Å²) in [6.07, 6.45) is 1.88. The van der Waals surface area contributed by atoms with E-state index in [2.05, 4.69) is 29.2 Å². The quantitative estimate of drug-likeness (QED) is 0.846. The number of benzene rings is 1. The zero-order valence-corrected chi connectivity index (χ0v) is 10.4. The summed E-state index contributed by atoms with van der Waals surface area (Å²) >= 11 is 0. The van der Waals surface area contributed by atoms with E-state index in [1.165, 1.54) is 11.1 Å². The number of primary amides is 1. The zero-order valence-electron chi connectivity index (χ0n) is 10.4. The van der Waals surface area contributed by atoms with Crippen molar-refractivity contribution in [1.29, 1.82) is 0 Å². The molecule has 0 aliphatic carbocycles. The number of amides is 1. The Kier molecular flexibility index (Phi) is 2.84. The Hall–Kier alpha value is -1.39. The van der Waals surface area contributed by atoms with E-state index >= 15 is 0 Å². The Bertz CT molecular complexity index is 465. The second-order valence-corrected chi connectivity index (χ2v) is 5.18. The molecule has 2 N–H and O–H groups in total. The number of rotatable bonds is 2. The normalized spacial score (nSPS) is 22.0. The fraction of sp³-hybridized carbons (Fsp3) is 0.500. The summed E-state index contributed by atoms with van der Waals surface area (Å²) in [6, 6.07) is 8.44. The number of hydrogen-bond acceptors (Lipinski definition) is 3. The highest BCUT2D eigenvalue weighted by Crippen LogP contribution is 2.43. The average Bonchev–Trinajstić information content (AvgIpc) is 2.72. The minimum absolute atomic E-state index is 0.120. The molecule has 1 aromatic rings. The van der Waals surface area contributed by atoms with Crippen molar-refractivity contribution in [3.63, 3.8) is 0 Å². The van der Waals surface area contributed by atoms with Crippen molar-refractivity contribution in [3.8, 4) is 0 Å². The number of hydrogen-bond donors (Lipinski definition) is 1. The second kappa shape index (κ2) is 4.37. The van der Waals surface area contributed by atoms with Crippen molar-refractivity contribution in [3.05, 3.63) is 35.4 Å². The first kappa shape index (κ1) is 11.7. The van der Waals surface area contributed by atoms with Gasteiger partial charge in [-0.25, -0.2) is 0 Å². The summed E-state index contributed by atoms with van der Waals surface area (Å²) in [7, 11) is 0. The third-order valence-electron chi connectivity index (χ3n) is 4.06. The van der Waals surface area contributed by atoms with Gasteiger partial charge in [0.05, 0.1) is 18.8 Å². The van der Waals surface area contributed by atoms with Gasteiger partial charge in [-0.2, -0.15) is 0 Å². The summed E-state index contributed by atoms with van der Waals surface area (Å²) in [5.41, 5.74) is 7.76. The standard InChI is InChI=1S/C14H18N2O2/c15-13(17)9-16-7-5-14(6-8-16)12-4-2-1-3-11(12)10-18-14/h1-4H,5-10H2,(H2,15,17). The molecule has 1 saturated heterocycles. The molecule has 3 rings (SSSR count). The van der Waals surface area contributed by atoms with Crippen LogP contribution in [-0.4, -0.2) is 30.4 Å². The molecule has 0 unspecified atom stereocenters. The number of ether oxygens (including phenoxy) is 1. The SMILES string of the molecule is NC(=O)CN1CCC2(CC1)OCc1ccccc12. The predicted octanol–water partition coefficient (Wildman–Crippen LogP) is 0.993. The van der Waals surface area contributed by atoms with Crippen LogP contribution in [0.4, 0.5) is 0 Å². The van der Waals surface area contributed by atoms with Gasteiger partial charge in [-0.1, -0.05) is 24.3 Å². The maximum Gasteiger partial charge on any atom is 0.231 e. The summed E-state index contributed by atoms with van der Waals surface area (Å²) < 4.78 is 6.06. The second-order valence-electron chi connectivity index (χ2n) is 5.18. The molecule has 0 aromatic heterocycles. The monoisotopic (exact) mass is 246 g/mol. The summed E-state index contributed by atoms with van der Waals surface area (Å²) in [5.74, 6) is -0.251. The molecule has 2 heterocycles. The van der Waals surface area contributed by atoms with Crippen molar-refractivity contribution in [2.24, 2.45) is 5.73 Å². The minimum atomic E-state index is -0.251. The van der Waals surface area contributed by atoms with Crippen molar-refractivity contribution in [1.82, 2.24) is 4.90 Å². The molecule has 1 spiro atoms. The van der Waals surface area contributed by atoms with Crippen molar-refractivity contribution >= 4 is 5.91 Å². The molecule has 2 aliphatic heterocycles. The van der Waals surface area contributed by atoms with Gasteiger partial charge in [0.1, 0.15) is 0 Å². The zero-order chi connectivity index (χ0) is 12.6. The van der Waals surface area contributed by atoms with E-state index in [-0.39, 0.29) is 11.5 Å². The topological polar surface area (TPSA) is 55.6 Å². The molecule has 0 bridgehead atoms. The molecule has 0 saturated carbocycles. The van der Waals surface area contributed by atoms with E-state index in [1.807, 2.05) is 0 Å². The Morgan fingerprint density at radius 2 is 2.06 bits per heavy atom. The highest BCUT2D eigenvalue weighted by Gasteiger charge is 2.42. The van der Waals surface area contributed by atoms with Crippen LogP contribution in [0.25, 0.3) is 0 Å². The number of carbonyl (C=O) groups excluding carboxylic acids is 1. The molecular formula is C14H18N2O2. The molecular weight excluding hydrogens is 228 g/mol. The van der Waals surface area contributed by atoms with Crippen LogP contribution in [0.2, 0.25) is 0 Å². The number of nitrogens with zero attached hydrogens (tertiary/aromatic N) is 1. The van der Waals surface area contributed by atoms with Crippen LogP contribution in [0.1, 0.15) is 24.0 Å². The molecule has 18 heavy (non-hydrogen) atoms. The van der Waals surface area contributed by atoms with Gasteiger partial charge in [-0.15, -0.1) is 0 Å². The largest absolute Gasteiger partial charge is 0.369 e. The van der Waals surface area contributed by atoms with Crippen molar-refractivity contribution in [2.75, 3.05) is 19.6 Å². The number of carbonyl (C=O) groups is 1. The Morgan fingerprint density at radius 1 is 1.33 bits per heavy atom. The average molecular weight is 246 g/mol. The van der Waals surface area contributed by atoms with Gasteiger partial charge >= 0.3 is 0 Å². The molecule has 2 aliphatic rings. The molecule has 4 heteroatoms. The maximum absolute atomic E-state index is 10.9. The van der Waals surface area contributed by atoms with Crippen LogP contribution in [0, 0.1) is 0 Å². The maximum atomic E-state index is 10.9. The Morgan fingerprint density at radius 3 is 2.78 bits per heavy atom. The third kappa shape index (κ3) is 1.91. The van der Waals surface area contributed by atoms with E-state index in [1.54, 1.807) is 0 Å². The molecule has 1 fully saturated rings. The smallest absolute Gasteiger partial charge is 0.231 e. The van der Waals surface area contributed by atoms with E-state index in [9.17, 15) is 4.79 Å². The van der Waals surface area contributed by atoms with Crippen LogP contribution in [0.5, 0.6) is 0 Å². The highest BCUT2D eigenvalue weighted by atomic mass is 16.5. The number of nitrogens with two attached hydrogens (primary N) is 1. The first-order valence-electron chi connectivity index (χ1n) is 6.43. The van der Waals surface area contributed by atoms with Gasteiger partial charge in [-0.05, 0) is 24.0 Å². The van der Waals surface area contributed by atoms with Crippen molar-refractivity contribution < 1.29 is 9.53 Å². The van der Waals surface area contributed by atoms with E-state index in [4.69, 9.17) is 10.5 Å². The lowest BCUT2D eigenvalue weighted by Crippen LogP contribution is -2.45. The third-order valence-corrected chi connectivity index (χ3v) is 4.06. The van der Waals surface area contributed by atoms with Gasteiger partial charge in [0.2, 0.25) is 5.91 Å². The van der Waals surface area contributed by atoms with Gasteiger partial charge in [-0.3, -0.25) is 9.69 Å². The van der Waals surface area contributed by atoms with Crippen LogP contribution < -0.4 is 5.73 Å². The fourth-order valence-corrected chi connectivity index (χ4v) is 3.09. The van der Waals surface area contributed by atoms with E-state index < -0.39 is 0 Å². The van der Waals surface area contributed by atoms with Gasteiger partial charge in [0, 0.05) is 13.1 Å². The molecule has 4 nitrogen and oxygen atoms in total. The summed E-state index contributed by atoms with van der Waals surface area (Å²) in [6.45, 7) is 2.82. The minimum Gasteiger partial charge on any atom is -0.369 e. The molecule has 0 radical (unpaired) electrons. The lowest BCUT2D eigenvalue weighted by atomic mass is 9.84.